The number of phenolic OH excluding ortho intramolecular Hbond substituents is 1. The van der Waals surface area contributed by atoms with E-state index in [0.29, 0.717) is 13.0 Å². The van der Waals surface area contributed by atoms with E-state index in [0.717, 1.165) is 65.1 Å². The first-order valence-electron chi connectivity index (χ1n) is 12.4. The highest BCUT2D eigenvalue weighted by Crippen LogP contribution is 2.39. The van der Waals surface area contributed by atoms with E-state index >= 15 is 0 Å². The van der Waals surface area contributed by atoms with Crippen LogP contribution in [0.25, 0.3) is 0 Å². The average Bonchev–Trinajstić information content (AvgIpc) is 3.07. The maximum Gasteiger partial charge on any atom is 0.237 e. The molecule has 0 spiro atoms. The molecule has 3 aromatic carbocycles. The molecule has 0 radical (unpaired) electrons. The van der Waals surface area contributed by atoms with Gasteiger partial charge < -0.3 is 25.8 Å². The Morgan fingerprint density at radius 2 is 1.94 bits per heavy atom. The zero-order chi connectivity index (χ0) is 24.4. The first-order chi connectivity index (χ1) is 17.0. The van der Waals surface area contributed by atoms with Crippen LogP contribution in [0, 0.1) is 6.92 Å². The quantitative estimate of drug-likeness (QED) is 0.452. The van der Waals surface area contributed by atoms with Gasteiger partial charge in [0, 0.05) is 12.1 Å². The van der Waals surface area contributed by atoms with Gasteiger partial charge in [-0.05, 0) is 85.2 Å². The molecule has 2 aliphatic heterocycles. The second kappa shape index (κ2) is 10.0. The molecule has 0 aliphatic carbocycles. The Balaban J connectivity index is 1.38. The van der Waals surface area contributed by atoms with Gasteiger partial charge in [-0.15, -0.1) is 0 Å². The number of aromatic hydroxyl groups is 1. The number of fused-ring (bicyclic) bond motifs is 2. The fraction of sp³-hybridized carbons (Fsp3) is 0.345. The molecule has 0 aromatic heterocycles. The number of carbonyl (C=O) groups is 1. The van der Waals surface area contributed by atoms with Crippen LogP contribution in [0.1, 0.15) is 45.8 Å². The summed E-state index contributed by atoms with van der Waals surface area (Å²) < 4.78 is 5.73. The number of nitrogens with one attached hydrogen (secondary N) is 3. The van der Waals surface area contributed by atoms with Crippen LogP contribution in [-0.4, -0.2) is 37.3 Å². The predicted molar refractivity (Wildman–Crippen MR) is 138 cm³/mol. The number of methoxy groups -OCH3 is 1. The molecular weight excluding hydrogens is 438 g/mol. The Morgan fingerprint density at radius 3 is 2.74 bits per heavy atom. The second-order valence-corrected chi connectivity index (χ2v) is 9.56. The van der Waals surface area contributed by atoms with Gasteiger partial charge in [-0.2, -0.15) is 0 Å². The van der Waals surface area contributed by atoms with Crippen LogP contribution >= 0.6 is 0 Å². The molecule has 3 aromatic rings. The van der Waals surface area contributed by atoms with Gasteiger partial charge >= 0.3 is 0 Å². The lowest BCUT2D eigenvalue weighted by Gasteiger charge is -2.31. The molecule has 0 saturated heterocycles. The first kappa shape index (κ1) is 23.2. The number of benzene rings is 3. The normalized spacial score (nSPS) is 19.0. The number of rotatable bonds is 5. The number of hydrogen-bond acceptors (Lipinski definition) is 5. The summed E-state index contributed by atoms with van der Waals surface area (Å²) in [5.41, 5.74) is 7.74. The van der Waals surface area contributed by atoms with Crippen LogP contribution in [0.5, 0.6) is 11.5 Å². The summed E-state index contributed by atoms with van der Waals surface area (Å²) in [5, 5.41) is 20.2. The third kappa shape index (κ3) is 4.98. The van der Waals surface area contributed by atoms with Crippen molar-refractivity contribution in [2.24, 2.45) is 0 Å². The lowest BCUT2D eigenvalue weighted by molar-refractivity contribution is -0.123. The molecule has 6 heteroatoms. The zero-order valence-corrected chi connectivity index (χ0v) is 20.4. The van der Waals surface area contributed by atoms with E-state index in [2.05, 4.69) is 52.3 Å². The molecule has 0 bridgehead atoms. The summed E-state index contributed by atoms with van der Waals surface area (Å²) in [4.78, 5) is 13.5. The largest absolute Gasteiger partial charge is 0.508 e. The number of amides is 1. The number of aryl methyl sites for hydroxylation is 1. The summed E-state index contributed by atoms with van der Waals surface area (Å²) in [7, 11) is 1.69. The number of hydrogen-bond donors (Lipinski definition) is 4. The van der Waals surface area contributed by atoms with E-state index in [1.165, 1.54) is 5.56 Å². The maximum atomic E-state index is 13.5. The SMILES string of the molecule is COc1cc(Cc2ccccc2)cc2c1NCCC2NC(=O)C1Cc2c(C)cc(O)cc2CCN1. The van der Waals surface area contributed by atoms with Gasteiger partial charge in [-0.1, -0.05) is 36.4 Å². The van der Waals surface area contributed by atoms with Gasteiger partial charge in [0.05, 0.1) is 24.9 Å². The van der Waals surface area contributed by atoms with E-state index in [-0.39, 0.29) is 23.7 Å². The molecule has 2 unspecified atom stereocenters. The van der Waals surface area contributed by atoms with E-state index in [4.69, 9.17) is 4.74 Å². The Bertz CT molecular complexity index is 1230. The van der Waals surface area contributed by atoms with Crippen molar-refractivity contribution in [2.45, 2.75) is 44.7 Å². The summed E-state index contributed by atoms with van der Waals surface area (Å²) >= 11 is 0. The topological polar surface area (TPSA) is 82.6 Å². The van der Waals surface area contributed by atoms with Gasteiger partial charge in [0.25, 0.3) is 0 Å². The number of anilines is 1. The Labute approximate surface area is 206 Å². The van der Waals surface area contributed by atoms with Gasteiger partial charge in [0.2, 0.25) is 5.91 Å². The van der Waals surface area contributed by atoms with Crippen molar-refractivity contribution in [3.05, 3.63) is 88.0 Å². The minimum Gasteiger partial charge on any atom is -0.508 e. The fourth-order valence-electron chi connectivity index (χ4n) is 5.40. The third-order valence-corrected chi connectivity index (χ3v) is 7.15. The number of phenols is 1. The molecule has 35 heavy (non-hydrogen) atoms. The van der Waals surface area contributed by atoms with Gasteiger partial charge in [-0.25, -0.2) is 0 Å². The predicted octanol–water partition coefficient (Wildman–Crippen LogP) is 4.03. The highest BCUT2D eigenvalue weighted by atomic mass is 16.5. The number of ether oxygens (including phenoxy) is 1. The summed E-state index contributed by atoms with van der Waals surface area (Å²) in [6.45, 7) is 3.47. The molecule has 6 nitrogen and oxygen atoms in total. The van der Waals surface area contributed by atoms with Crippen LogP contribution in [-0.2, 0) is 24.1 Å². The lowest BCUT2D eigenvalue weighted by Crippen LogP contribution is -2.47. The van der Waals surface area contributed by atoms with Crippen molar-refractivity contribution in [3.63, 3.8) is 0 Å². The van der Waals surface area contributed by atoms with Crippen LogP contribution in [0.2, 0.25) is 0 Å². The minimum absolute atomic E-state index is 0.00982. The molecule has 2 atom stereocenters. The average molecular weight is 472 g/mol. The van der Waals surface area contributed by atoms with E-state index in [9.17, 15) is 9.90 Å². The first-order valence-corrected chi connectivity index (χ1v) is 12.4. The van der Waals surface area contributed by atoms with E-state index in [1.54, 1.807) is 13.2 Å². The van der Waals surface area contributed by atoms with Crippen molar-refractivity contribution in [2.75, 3.05) is 25.5 Å². The molecule has 1 amide bonds. The fourth-order valence-corrected chi connectivity index (χ4v) is 5.40. The van der Waals surface area contributed by atoms with Gasteiger partial charge in [0.1, 0.15) is 11.5 Å². The molecule has 2 heterocycles. The minimum atomic E-state index is -0.313. The highest BCUT2D eigenvalue weighted by Gasteiger charge is 2.29. The highest BCUT2D eigenvalue weighted by molar-refractivity contribution is 5.83. The zero-order valence-electron chi connectivity index (χ0n) is 20.4. The van der Waals surface area contributed by atoms with Gasteiger partial charge in [-0.3, -0.25) is 4.79 Å². The Hall–Kier alpha value is -3.51. The second-order valence-electron chi connectivity index (χ2n) is 9.56. The van der Waals surface area contributed by atoms with Crippen molar-refractivity contribution < 1.29 is 14.6 Å². The Morgan fingerprint density at radius 1 is 1.11 bits per heavy atom. The number of carbonyl (C=O) groups excluding carboxylic acids is 1. The molecule has 4 N–H and O–H groups in total. The maximum absolute atomic E-state index is 13.5. The van der Waals surface area contributed by atoms with Crippen LogP contribution in [0.3, 0.4) is 0 Å². The van der Waals surface area contributed by atoms with Crippen molar-refractivity contribution in [1.82, 2.24) is 10.6 Å². The van der Waals surface area contributed by atoms with Crippen molar-refractivity contribution in [1.29, 1.82) is 0 Å². The molecule has 2 aliphatic rings. The van der Waals surface area contributed by atoms with Gasteiger partial charge in [0.15, 0.2) is 0 Å². The molecular formula is C29H33N3O3. The molecule has 5 rings (SSSR count). The summed E-state index contributed by atoms with van der Waals surface area (Å²) in [6, 6.07) is 17.9. The van der Waals surface area contributed by atoms with Crippen LogP contribution in [0.15, 0.2) is 54.6 Å². The van der Waals surface area contributed by atoms with E-state index in [1.807, 2.05) is 19.1 Å². The van der Waals surface area contributed by atoms with Crippen LogP contribution in [0.4, 0.5) is 5.69 Å². The Kier molecular flexibility index (Phi) is 6.64. The van der Waals surface area contributed by atoms with Crippen molar-refractivity contribution in [3.8, 4) is 11.5 Å². The van der Waals surface area contributed by atoms with Crippen molar-refractivity contribution >= 4 is 11.6 Å². The standard InChI is InChI=1S/C29H33N3O3/c1-18-12-22(33)16-21-8-10-30-26(17-23(18)21)29(34)32-25-9-11-31-28-24(25)14-20(15-27(28)35-2)13-19-6-4-3-5-7-19/h3-7,12,14-16,25-26,30-31,33H,8-11,13,17H2,1-2H3,(H,32,34). The monoisotopic (exact) mass is 471 g/mol. The molecule has 182 valence electrons. The third-order valence-electron chi connectivity index (χ3n) is 7.15. The molecule has 0 saturated carbocycles. The molecule has 0 fully saturated rings. The van der Waals surface area contributed by atoms with E-state index < -0.39 is 0 Å². The van der Waals surface area contributed by atoms with Crippen LogP contribution < -0.4 is 20.7 Å². The summed E-state index contributed by atoms with van der Waals surface area (Å²) in [6.07, 6.45) is 3.03. The lowest BCUT2D eigenvalue weighted by atomic mass is 9.92. The smallest absolute Gasteiger partial charge is 0.237 e. The summed E-state index contributed by atoms with van der Waals surface area (Å²) in [5.74, 6) is 1.11.